The molecule has 2 atom stereocenters. The van der Waals surface area contributed by atoms with E-state index in [1.807, 2.05) is 0 Å². The molecule has 0 aromatic carbocycles. The largest absolute Gasteiger partial charge is 0.316 e. The lowest BCUT2D eigenvalue weighted by Gasteiger charge is -2.24. The molecule has 0 aromatic rings. The van der Waals surface area contributed by atoms with Crippen molar-refractivity contribution in [2.45, 2.75) is 27.2 Å². The van der Waals surface area contributed by atoms with Crippen LogP contribution < -0.4 is 5.32 Å². The second-order valence-corrected chi connectivity index (χ2v) is 6.04. The van der Waals surface area contributed by atoms with Crippen molar-refractivity contribution in [3.63, 3.8) is 0 Å². The van der Waals surface area contributed by atoms with Crippen molar-refractivity contribution < 1.29 is 0 Å². The molecule has 2 nitrogen and oxygen atoms in total. The van der Waals surface area contributed by atoms with Gasteiger partial charge in [-0.1, -0.05) is 20.8 Å². The molecule has 1 N–H and O–H groups in total. The lowest BCUT2D eigenvalue weighted by Crippen LogP contribution is -2.31. The molecule has 2 heterocycles. The fourth-order valence-corrected chi connectivity index (χ4v) is 2.82. The Balaban J connectivity index is 1.81. The van der Waals surface area contributed by atoms with Gasteiger partial charge in [-0.05, 0) is 43.3 Å². The molecule has 2 heteroatoms. The lowest BCUT2D eigenvalue weighted by atomic mass is 9.93. The molecule has 2 aliphatic rings. The molecule has 0 aromatic heterocycles. The second kappa shape index (κ2) is 3.82. The maximum Gasteiger partial charge on any atom is 0.00333 e. The molecular weight excluding hydrogens is 172 g/mol. The molecular formula is C12H24N2. The third-order valence-corrected chi connectivity index (χ3v) is 3.93. The molecule has 0 saturated carbocycles. The van der Waals surface area contributed by atoms with Crippen molar-refractivity contribution in [3.05, 3.63) is 0 Å². The smallest absolute Gasteiger partial charge is 0.00333 e. The summed E-state index contributed by atoms with van der Waals surface area (Å²) in [7, 11) is 0. The van der Waals surface area contributed by atoms with Gasteiger partial charge >= 0.3 is 0 Å². The van der Waals surface area contributed by atoms with E-state index in [0.717, 1.165) is 11.8 Å². The number of rotatable bonds is 2. The van der Waals surface area contributed by atoms with Crippen LogP contribution in [0.25, 0.3) is 0 Å². The molecule has 2 fully saturated rings. The van der Waals surface area contributed by atoms with E-state index in [9.17, 15) is 0 Å². The van der Waals surface area contributed by atoms with Crippen molar-refractivity contribution in [1.82, 2.24) is 10.2 Å². The second-order valence-electron chi connectivity index (χ2n) is 6.04. The molecule has 0 unspecified atom stereocenters. The van der Waals surface area contributed by atoms with E-state index >= 15 is 0 Å². The minimum absolute atomic E-state index is 0.565. The summed E-state index contributed by atoms with van der Waals surface area (Å²) in [6.07, 6.45) is 1.38. The molecule has 0 bridgehead atoms. The zero-order chi connectivity index (χ0) is 10.2. The highest BCUT2D eigenvalue weighted by Crippen LogP contribution is 2.30. The van der Waals surface area contributed by atoms with Crippen LogP contribution in [0.3, 0.4) is 0 Å². The Morgan fingerprint density at radius 2 is 2.14 bits per heavy atom. The highest BCUT2D eigenvalue weighted by atomic mass is 15.2. The summed E-state index contributed by atoms with van der Waals surface area (Å²) in [6, 6.07) is 0. The van der Waals surface area contributed by atoms with Crippen LogP contribution in [0, 0.1) is 17.3 Å². The van der Waals surface area contributed by atoms with E-state index in [0.29, 0.717) is 5.41 Å². The van der Waals surface area contributed by atoms with Gasteiger partial charge in [-0.15, -0.1) is 0 Å². The molecule has 2 saturated heterocycles. The van der Waals surface area contributed by atoms with Crippen LogP contribution in [0.5, 0.6) is 0 Å². The maximum atomic E-state index is 3.49. The van der Waals surface area contributed by atoms with Gasteiger partial charge in [0.2, 0.25) is 0 Å². The van der Waals surface area contributed by atoms with Crippen LogP contribution in [0.4, 0.5) is 0 Å². The van der Waals surface area contributed by atoms with Gasteiger partial charge in [-0.25, -0.2) is 0 Å². The summed E-state index contributed by atoms with van der Waals surface area (Å²) < 4.78 is 0. The average molecular weight is 196 g/mol. The zero-order valence-corrected chi connectivity index (χ0v) is 9.84. The van der Waals surface area contributed by atoms with E-state index in [1.54, 1.807) is 0 Å². The Bertz CT molecular complexity index is 200. The van der Waals surface area contributed by atoms with Crippen LogP contribution in [-0.2, 0) is 0 Å². The number of nitrogens with one attached hydrogen (secondary N) is 1. The topological polar surface area (TPSA) is 15.3 Å². The summed E-state index contributed by atoms with van der Waals surface area (Å²) in [5.41, 5.74) is 0.565. The highest BCUT2D eigenvalue weighted by Gasteiger charge is 2.32. The van der Waals surface area contributed by atoms with Gasteiger partial charge in [0, 0.05) is 13.1 Å². The predicted octanol–water partition coefficient (Wildman–Crippen LogP) is 1.57. The zero-order valence-electron chi connectivity index (χ0n) is 9.84. The minimum atomic E-state index is 0.565. The number of hydrogen-bond acceptors (Lipinski definition) is 2. The Morgan fingerprint density at radius 3 is 2.64 bits per heavy atom. The first kappa shape index (κ1) is 10.4. The Morgan fingerprint density at radius 1 is 1.36 bits per heavy atom. The molecule has 2 aliphatic heterocycles. The van der Waals surface area contributed by atoms with Gasteiger partial charge in [0.15, 0.2) is 0 Å². The summed E-state index contributed by atoms with van der Waals surface area (Å²) in [6.45, 7) is 13.6. The molecule has 14 heavy (non-hydrogen) atoms. The monoisotopic (exact) mass is 196 g/mol. The fourth-order valence-electron chi connectivity index (χ4n) is 2.82. The molecule has 0 aliphatic carbocycles. The third-order valence-electron chi connectivity index (χ3n) is 3.93. The molecule has 2 rings (SSSR count). The van der Waals surface area contributed by atoms with Crippen LogP contribution >= 0.6 is 0 Å². The molecule has 0 radical (unpaired) electrons. The lowest BCUT2D eigenvalue weighted by molar-refractivity contribution is 0.236. The van der Waals surface area contributed by atoms with E-state index < -0.39 is 0 Å². The first-order valence-electron chi connectivity index (χ1n) is 6.00. The SMILES string of the molecule is C[C@@H]1CNC[C@H]1CN1CCC(C)(C)C1. The van der Waals surface area contributed by atoms with Crippen LogP contribution in [0.2, 0.25) is 0 Å². The number of likely N-dealkylation sites (tertiary alicyclic amines) is 1. The van der Waals surface area contributed by atoms with Crippen molar-refractivity contribution in [1.29, 1.82) is 0 Å². The van der Waals surface area contributed by atoms with E-state index in [4.69, 9.17) is 0 Å². The predicted molar refractivity (Wildman–Crippen MR) is 60.4 cm³/mol. The molecule has 0 amide bonds. The van der Waals surface area contributed by atoms with Crippen molar-refractivity contribution in [2.24, 2.45) is 17.3 Å². The molecule has 82 valence electrons. The Labute approximate surface area is 88.1 Å². The van der Waals surface area contributed by atoms with Crippen LogP contribution in [-0.4, -0.2) is 37.6 Å². The Hall–Kier alpha value is -0.0800. The van der Waals surface area contributed by atoms with Gasteiger partial charge in [-0.3, -0.25) is 0 Å². The van der Waals surface area contributed by atoms with E-state index in [-0.39, 0.29) is 0 Å². The normalized spacial score (nSPS) is 37.9. The quantitative estimate of drug-likeness (QED) is 0.721. The Kier molecular flexibility index (Phi) is 2.85. The fraction of sp³-hybridized carbons (Fsp3) is 1.00. The summed E-state index contributed by atoms with van der Waals surface area (Å²) in [5, 5.41) is 3.49. The van der Waals surface area contributed by atoms with Gasteiger partial charge < -0.3 is 10.2 Å². The standard InChI is InChI=1S/C12H24N2/c1-10-6-13-7-11(10)8-14-5-4-12(2,3)9-14/h10-11,13H,4-9H2,1-3H3/t10-,11+/m1/s1. The van der Waals surface area contributed by atoms with Gasteiger partial charge in [0.1, 0.15) is 0 Å². The van der Waals surface area contributed by atoms with Crippen molar-refractivity contribution >= 4 is 0 Å². The first-order chi connectivity index (χ1) is 6.57. The summed E-state index contributed by atoms with van der Waals surface area (Å²) in [4.78, 5) is 2.66. The van der Waals surface area contributed by atoms with E-state index in [2.05, 4.69) is 31.0 Å². The van der Waals surface area contributed by atoms with Crippen molar-refractivity contribution in [2.75, 3.05) is 32.7 Å². The van der Waals surface area contributed by atoms with E-state index in [1.165, 1.54) is 39.1 Å². The number of nitrogens with zero attached hydrogens (tertiary/aromatic N) is 1. The molecule has 0 spiro atoms. The van der Waals surface area contributed by atoms with Crippen molar-refractivity contribution in [3.8, 4) is 0 Å². The van der Waals surface area contributed by atoms with Crippen LogP contribution in [0.15, 0.2) is 0 Å². The van der Waals surface area contributed by atoms with Gasteiger partial charge in [-0.2, -0.15) is 0 Å². The van der Waals surface area contributed by atoms with Gasteiger partial charge in [0.25, 0.3) is 0 Å². The highest BCUT2D eigenvalue weighted by molar-refractivity contribution is 4.87. The average Bonchev–Trinajstić information content (AvgIpc) is 2.61. The van der Waals surface area contributed by atoms with Crippen LogP contribution in [0.1, 0.15) is 27.2 Å². The minimum Gasteiger partial charge on any atom is -0.316 e. The first-order valence-corrected chi connectivity index (χ1v) is 6.00. The van der Waals surface area contributed by atoms with Gasteiger partial charge in [0.05, 0.1) is 0 Å². The third kappa shape index (κ3) is 2.29. The summed E-state index contributed by atoms with van der Waals surface area (Å²) in [5.74, 6) is 1.77. The number of hydrogen-bond donors (Lipinski definition) is 1. The summed E-state index contributed by atoms with van der Waals surface area (Å²) >= 11 is 0. The maximum absolute atomic E-state index is 3.49.